The maximum atomic E-state index is 13.2. The second-order valence-corrected chi connectivity index (χ2v) is 8.61. The minimum atomic E-state index is -3.98. The zero-order valence-electron chi connectivity index (χ0n) is 16.5. The largest absolute Gasteiger partial charge is 0.497 e. The van der Waals surface area contributed by atoms with E-state index in [1.165, 1.54) is 12.1 Å². The molecule has 0 radical (unpaired) electrons. The molecule has 1 amide bonds. The molecule has 3 aromatic rings. The van der Waals surface area contributed by atoms with Gasteiger partial charge in [-0.1, -0.05) is 42.0 Å². The third-order valence-electron chi connectivity index (χ3n) is 4.91. The molecule has 0 aromatic heterocycles. The van der Waals surface area contributed by atoms with E-state index in [-0.39, 0.29) is 4.90 Å². The lowest BCUT2D eigenvalue weighted by Crippen LogP contribution is -2.52. The van der Waals surface area contributed by atoms with E-state index in [4.69, 9.17) is 4.74 Å². The molecule has 0 bridgehead atoms. The number of amides is 1. The molecule has 2 N–H and O–H groups in total. The number of nitrogens with one attached hydrogen (secondary N) is 2. The molecule has 1 aliphatic heterocycles. The molecule has 0 fully saturated rings. The predicted molar refractivity (Wildman–Crippen MR) is 113 cm³/mol. The summed E-state index contributed by atoms with van der Waals surface area (Å²) in [4.78, 5) is 15.8. The van der Waals surface area contributed by atoms with Gasteiger partial charge in [-0.15, -0.1) is 4.83 Å². The van der Waals surface area contributed by atoms with Gasteiger partial charge in [0, 0.05) is 5.69 Å². The first-order valence-corrected chi connectivity index (χ1v) is 10.8. The van der Waals surface area contributed by atoms with Crippen LogP contribution in [0.3, 0.4) is 0 Å². The summed E-state index contributed by atoms with van der Waals surface area (Å²) in [5.41, 5.74) is 2.66. The molecule has 3 aromatic carbocycles. The van der Waals surface area contributed by atoms with Crippen LogP contribution < -0.4 is 14.9 Å². The van der Waals surface area contributed by atoms with Crippen molar-refractivity contribution in [3.05, 3.63) is 89.5 Å². The van der Waals surface area contributed by atoms with Crippen molar-refractivity contribution in [1.82, 2.24) is 9.84 Å². The van der Waals surface area contributed by atoms with Gasteiger partial charge in [-0.2, -0.15) is 0 Å². The SMILES string of the molecule is COc1ccc([C@@H]2Nc3ccccc3C(=O)N2NS(=O)(=O)c2ccc(C)cc2)cc1. The molecule has 30 heavy (non-hydrogen) atoms. The molecule has 8 heteroatoms. The molecular formula is C22H21N3O4S. The topological polar surface area (TPSA) is 87.7 Å². The molecular weight excluding hydrogens is 402 g/mol. The van der Waals surface area contributed by atoms with Crippen molar-refractivity contribution < 1.29 is 17.9 Å². The van der Waals surface area contributed by atoms with E-state index < -0.39 is 22.1 Å². The Morgan fingerprint density at radius 1 is 0.967 bits per heavy atom. The molecule has 1 aliphatic rings. The average molecular weight is 423 g/mol. The number of hydrogen-bond donors (Lipinski definition) is 2. The second kappa shape index (κ2) is 7.81. The van der Waals surface area contributed by atoms with E-state index in [0.29, 0.717) is 22.6 Å². The zero-order valence-corrected chi connectivity index (χ0v) is 17.3. The van der Waals surface area contributed by atoms with Gasteiger partial charge in [0.05, 0.1) is 17.6 Å². The number of rotatable bonds is 5. The van der Waals surface area contributed by atoms with Gasteiger partial charge in [0.15, 0.2) is 0 Å². The van der Waals surface area contributed by atoms with E-state index in [1.54, 1.807) is 61.7 Å². The van der Waals surface area contributed by atoms with Crippen molar-refractivity contribution in [2.75, 3.05) is 12.4 Å². The number of fused-ring (bicyclic) bond motifs is 1. The highest BCUT2D eigenvalue weighted by molar-refractivity contribution is 7.89. The Morgan fingerprint density at radius 2 is 1.63 bits per heavy atom. The van der Waals surface area contributed by atoms with Gasteiger partial charge in [-0.3, -0.25) is 4.79 Å². The molecule has 0 aliphatic carbocycles. The van der Waals surface area contributed by atoms with Crippen molar-refractivity contribution in [2.24, 2.45) is 0 Å². The summed E-state index contributed by atoms with van der Waals surface area (Å²) in [6.45, 7) is 1.87. The minimum Gasteiger partial charge on any atom is -0.497 e. The predicted octanol–water partition coefficient (Wildman–Crippen LogP) is 3.46. The second-order valence-electron chi connectivity index (χ2n) is 6.95. The summed E-state index contributed by atoms with van der Waals surface area (Å²) < 4.78 is 31.2. The first-order chi connectivity index (χ1) is 14.4. The molecule has 0 saturated heterocycles. The van der Waals surface area contributed by atoms with Gasteiger partial charge < -0.3 is 10.1 Å². The van der Waals surface area contributed by atoms with Gasteiger partial charge in [-0.05, 0) is 48.9 Å². The van der Waals surface area contributed by atoms with Crippen LogP contribution in [0.2, 0.25) is 0 Å². The highest BCUT2D eigenvalue weighted by atomic mass is 32.2. The summed E-state index contributed by atoms with van der Waals surface area (Å²) >= 11 is 0. The Hall–Kier alpha value is -3.36. The number of carbonyl (C=O) groups is 1. The van der Waals surface area contributed by atoms with Crippen LogP contribution in [0.5, 0.6) is 5.75 Å². The van der Waals surface area contributed by atoms with E-state index in [2.05, 4.69) is 10.1 Å². The van der Waals surface area contributed by atoms with Crippen LogP contribution in [0.15, 0.2) is 77.7 Å². The fourth-order valence-electron chi connectivity index (χ4n) is 3.27. The summed E-state index contributed by atoms with van der Waals surface area (Å²) in [5.74, 6) is 0.217. The number of hydrogen-bond acceptors (Lipinski definition) is 5. The summed E-state index contributed by atoms with van der Waals surface area (Å²) in [7, 11) is -2.41. The van der Waals surface area contributed by atoms with Crippen molar-refractivity contribution >= 4 is 21.6 Å². The smallest absolute Gasteiger partial charge is 0.273 e. The summed E-state index contributed by atoms with van der Waals surface area (Å²) in [6.07, 6.45) is -0.737. The Balaban J connectivity index is 1.74. The molecule has 4 rings (SSSR count). The number of para-hydroxylation sites is 1. The fourth-order valence-corrected chi connectivity index (χ4v) is 4.31. The maximum absolute atomic E-state index is 13.2. The van der Waals surface area contributed by atoms with Crippen LogP contribution in [0.25, 0.3) is 0 Å². The lowest BCUT2D eigenvalue weighted by Gasteiger charge is -2.37. The quantitative estimate of drug-likeness (QED) is 0.656. The number of methoxy groups -OCH3 is 1. The average Bonchev–Trinajstić information content (AvgIpc) is 2.76. The zero-order chi connectivity index (χ0) is 21.3. The number of aryl methyl sites for hydroxylation is 1. The Labute approximate surface area is 175 Å². The van der Waals surface area contributed by atoms with Crippen molar-refractivity contribution in [1.29, 1.82) is 0 Å². The first kappa shape index (κ1) is 19.9. The number of carbonyl (C=O) groups excluding carboxylic acids is 1. The van der Waals surface area contributed by atoms with Gasteiger partial charge in [0.1, 0.15) is 11.9 Å². The molecule has 1 heterocycles. The third-order valence-corrected chi connectivity index (χ3v) is 6.24. The number of sulfonamides is 1. The van der Waals surface area contributed by atoms with E-state index in [0.717, 1.165) is 10.6 Å². The Kier molecular flexibility index (Phi) is 5.19. The number of hydrazine groups is 1. The van der Waals surface area contributed by atoms with E-state index >= 15 is 0 Å². The van der Waals surface area contributed by atoms with Gasteiger partial charge >= 0.3 is 0 Å². The molecule has 0 saturated carbocycles. The highest BCUT2D eigenvalue weighted by Crippen LogP contribution is 2.33. The van der Waals surface area contributed by atoms with E-state index in [1.807, 2.05) is 13.0 Å². The molecule has 0 spiro atoms. The number of benzene rings is 3. The monoisotopic (exact) mass is 423 g/mol. The van der Waals surface area contributed by atoms with Crippen LogP contribution in [-0.4, -0.2) is 26.4 Å². The Morgan fingerprint density at radius 3 is 2.30 bits per heavy atom. The highest BCUT2D eigenvalue weighted by Gasteiger charge is 2.36. The molecule has 7 nitrogen and oxygen atoms in total. The fraction of sp³-hybridized carbons (Fsp3) is 0.136. The standard InChI is InChI=1S/C22H21N3O4S/c1-15-7-13-18(14-8-15)30(27,28)24-25-21(16-9-11-17(29-2)12-10-16)23-20-6-4-3-5-19(20)22(25)26/h3-14,21,23-24H,1-2H3/t21-/m1/s1. The van der Waals surface area contributed by atoms with Crippen LogP contribution in [0, 0.1) is 6.92 Å². The van der Waals surface area contributed by atoms with Crippen LogP contribution >= 0.6 is 0 Å². The lowest BCUT2D eigenvalue weighted by atomic mass is 10.1. The third kappa shape index (κ3) is 3.74. The van der Waals surface area contributed by atoms with Crippen LogP contribution in [-0.2, 0) is 10.0 Å². The summed E-state index contributed by atoms with van der Waals surface area (Å²) in [5, 5.41) is 4.36. The van der Waals surface area contributed by atoms with Gasteiger partial charge in [0.2, 0.25) is 0 Å². The number of nitrogens with zero attached hydrogens (tertiary/aromatic N) is 1. The number of anilines is 1. The molecule has 1 atom stereocenters. The van der Waals surface area contributed by atoms with Gasteiger partial charge in [-0.25, -0.2) is 13.4 Å². The molecule has 154 valence electrons. The van der Waals surface area contributed by atoms with E-state index in [9.17, 15) is 13.2 Å². The van der Waals surface area contributed by atoms with Crippen molar-refractivity contribution in [3.63, 3.8) is 0 Å². The first-order valence-electron chi connectivity index (χ1n) is 9.31. The normalized spacial score (nSPS) is 16.0. The van der Waals surface area contributed by atoms with Gasteiger partial charge in [0.25, 0.3) is 15.9 Å². The Bertz CT molecular complexity index is 1180. The van der Waals surface area contributed by atoms with Crippen molar-refractivity contribution in [3.8, 4) is 5.75 Å². The van der Waals surface area contributed by atoms with Crippen LogP contribution in [0.4, 0.5) is 5.69 Å². The summed E-state index contributed by atoms with van der Waals surface area (Å²) in [6, 6.07) is 20.5. The number of ether oxygens (including phenoxy) is 1. The van der Waals surface area contributed by atoms with Crippen LogP contribution in [0.1, 0.15) is 27.7 Å². The maximum Gasteiger partial charge on any atom is 0.273 e. The van der Waals surface area contributed by atoms with Crippen molar-refractivity contribution in [2.45, 2.75) is 18.0 Å². The minimum absolute atomic E-state index is 0.0771. The lowest BCUT2D eigenvalue weighted by molar-refractivity contribution is 0.0632. The molecule has 0 unspecified atom stereocenters.